The van der Waals surface area contributed by atoms with Crippen LogP contribution >= 0.6 is 23.4 Å². The summed E-state index contributed by atoms with van der Waals surface area (Å²) >= 11 is 7.80. The van der Waals surface area contributed by atoms with E-state index in [2.05, 4.69) is 15.1 Å². The Hall–Kier alpha value is -2.58. The smallest absolute Gasteiger partial charge is 0.195 e. The third-order valence-corrected chi connectivity index (χ3v) is 6.41. The van der Waals surface area contributed by atoms with Gasteiger partial charge in [0, 0.05) is 29.5 Å². The maximum atomic E-state index is 10.5. The maximum absolute atomic E-state index is 10.5. The molecule has 3 aromatic carbocycles. The van der Waals surface area contributed by atoms with Crippen LogP contribution in [-0.2, 0) is 13.1 Å². The van der Waals surface area contributed by atoms with E-state index in [4.69, 9.17) is 16.7 Å². The molecule has 0 saturated carbocycles. The van der Waals surface area contributed by atoms with E-state index in [0.717, 1.165) is 38.8 Å². The van der Waals surface area contributed by atoms with Crippen molar-refractivity contribution in [2.24, 2.45) is 0 Å². The number of hydrogen-bond acceptors (Lipinski definition) is 6. The van der Waals surface area contributed by atoms with Crippen molar-refractivity contribution in [1.29, 1.82) is 0 Å². The lowest BCUT2D eigenvalue weighted by molar-refractivity contribution is 0.296. The van der Waals surface area contributed by atoms with E-state index in [9.17, 15) is 5.11 Å². The van der Waals surface area contributed by atoms with Gasteiger partial charge in [-0.3, -0.25) is 9.47 Å². The third-order valence-electron chi connectivity index (χ3n) is 5.16. The summed E-state index contributed by atoms with van der Waals surface area (Å²) in [4.78, 5) is 2.11. The molecule has 0 aliphatic carbocycles. The van der Waals surface area contributed by atoms with Gasteiger partial charge < -0.3 is 10.2 Å². The van der Waals surface area contributed by atoms with E-state index in [0.29, 0.717) is 24.5 Å². The predicted octanol–water partition coefficient (Wildman–Crippen LogP) is 4.89. The lowest BCUT2D eigenvalue weighted by atomic mass is 10.0. The second kappa shape index (κ2) is 10.4. The van der Waals surface area contributed by atoms with Crippen LogP contribution in [0.15, 0.2) is 65.8 Å². The molecule has 4 rings (SSSR count). The van der Waals surface area contributed by atoms with Gasteiger partial charge in [0.2, 0.25) is 0 Å². The first-order chi connectivity index (χ1) is 15.6. The lowest BCUT2D eigenvalue weighted by Crippen LogP contribution is -2.20. The number of phenolic OH excluding ortho intramolecular Hbond substituents is 1. The van der Waals surface area contributed by atoms with Crippen LogP contribution in [-0.4, -0.2) is 49.3 Å². The Bertz CT molecular complexity index is 1210. The number of aliphatic hydroxyl groups is 1. The van der Waals surface area contributed by atoms with Gasteiger partial charge in [-0.1, -0.05) is 59.8 Å². The number of rotatable bonds is 9. The molecule has 166 valence electrons. The molecule has 1 heterocycles. The molecule has 8 heteroatoms. The summed E-state index contributed by atoms with van der Waals surface area (Å²) < 4.78 is 2.01. The Morgan fingerprint density at radius 3 is 2.69 bits per heavy atom. The largest absolute Gasteiger partial charge is 0.508 e. The molecule has 4 aromatic rings. The van der Waals surface area contributed by atoms with Gasteiger partial charge in [0.05, 0.1) is 12.2 Å². The van der Waals surface area contributed by atoms with Gasteiger partial charge in [0.15, 0.2) is 11.0 Å². The number of hydrogen-bond donors (Lipinski definition) is 2. The van der Waals surface area contributed by atoms with E-state index in [1.165, 1.54) is 0 Å². The van der Waals surface area contributed by atoms with Crippen LogP contribution in [0.5, 0.6) is 5.75 Å². The van der Waals surface area contributed by atoms with E-state index < -0.39 is 0 Å². The average Bonchev–Trinajstić information content (AvgIpc) is 3.18. The minimum atomic E-state index is 0.141. The highest BCUT2D eigenvalue weighted by atomic mass is 35.5. The van der Waals surface area contributed by atoms with Crippen molar-refractivity contribution in [3.05, 3.63) is 77.1 Å². The molecule has 1 aromatic heterocycles. The molecule has 0 spiro atoms. The molecule has 0 atom stereocenters. The van der Waals surface area contributed by atoms with Crippen LogP contribution in [0.4, 0.5) is 0 Å². The van der Waals surface area contributed by atoms with Gasteiger partial charge in [-0.2, -0.15) is 0 Å². The fourth-order valence-electron chi connectivity index (χ4n) is 3.66. The summed E-state index contributed by atoms with van der Waals surface area (Å²) in [5.41, 5.74) is 1.78. The standard InChI is InChI=1S/C24H25ClN4O2S/c1-28(15-21-20-9-3-2-6-17(20)10-11-22(21)31)16-23-26-27-24(32-13-5-12-30)29(23)19-8-4-7-18(25)14-19/h2-4,6-11,14,30-31H,5,12-13,15-16H2,1H3. The van der Waals surface area contributed by atoms with E-state index in [-0.39, 0.29) is 12.4 Å². The van der Waals surface area contributed by atoms with Gasteiger partial charge in [0.1, 0.15) is 5.75 Å². The van der Waals surface area contributed by atoms with Crippen molar-refractivity contribution < 1.29 is 10.2 Å². The van der Waals surface area contributed by atoms with Crippen molar-refractivity contribution in [1.82, 2.24) is 19.7 Å². The van der Waals surface area contributed by atoms with E-state index >= 15 is 0 Å². The molecule has 0 saturated heterocycles. The van der Waals surface area contributed by atoms with Crippen LogP contribution in [0.1, 0.15) is 17.8 Å². The van der Waals surface area contributed by atoms with Crippen molar-refractivity contribution in [2.45, 2.75) is 24.7 Å². The number of phenols is 1. The molecule has 6 nitrogen and oxygen atoms in total. The van der Waals surface area contributed by atoms with Crippen LogP contribution in [0.3, 0.4) is 0 Å². The van der Waals surface area contributed by atoms with Gasteiger partial charge in [-0.15, -0.1) is 10.2 Å². The Balaban J connectivity index is 1.62. The number of aromatic hydroxyl groups is 1. The zero-order chi connectivity index (χ0) is 22.5. The summed E-state index contributed by atoms with van der Waals surface area (Å²) in [6.07, 6.45) is 0.683. The maximum Gasteiger partial charge on any atom is 0.195 e. The molecule has 0 radical (unpaired) electrons. The number of benzene rings is 3. The van der Waals surface area contributed by atoms with Crippen molar-refractivity contribution in [3.63, 3.8) is 0 Å². The minimum Gasteiger partial charge on any atom is -0.508 e. The molecule has 0 aliphatic rings. The molecular formula is C24H25ClN4O2S. The normalized spacial score (nSPS) is 11.5. The lowest BCUT2D eigenvalue weighted by Gasteiger charge is -2.19. The van der Waals surface area contributed by atoms with Crippen LogP contribution in [0.25, 0.3) is 16.5 Å². The van der Waals surface area contributed by atoms with Gasteiger partial charge in [-0.05, 0) is 48.5 Å². The third kappa shape index (κ3) is 5.07. The number of fused-ring (bicyclic) bond motifs is 1. The van der Waals surface area contributed by atoms with Crippen LogP contribution < -0.4 is 0 Å². The quantitative estimate of drug-likeness (QED) is 0.269. The Morgan fingerprint density at radius 1 is 1.03 bits per heavy atom. The number of halogens is 1. The summed E-state index contributed by atoms with van der Waals surface area (Å²) in [7, 11) is 2.00. The zero-order valence-electron chi connectivity index (χ0n) is 17.8. The molecule has 0 amide bonds. The van der Waals surface area contributed by atoms with Crippen molar-refractivity contribution >= 4 is 34.1 Å². The fourth-order valence-corrected chi connectivity index (χ4v) is 4.74. The minimum absolute atomic E-state index is 0.141. The first-order valence-corrected chi connectivity index (χ1v) is 11.7. The summed E-state index contributed by atoms with van der Waals surface area (Å²) in [6.45, 7) is 1.23. The molecule has 2 N–H and O–H groups in total. The average molecular weight is 469 g/mol. The highest BCUT2D eigenvalue weighted by Crippen LogP contribution is 2.29. The van der Waals surface area contributed by atoms with Gasteiger partial charge in [0.25, 0.3) is 0 Å². The van der Waals surface area contributed by atoms with Gasteiger partial charge in [-0.25, -0.2) is 0 Å². The van der Waals surface area contributed by atoms with E-state index in [1.807, 2.05) is 66.2 Å². The first-order valence-electron chi connectivity index (χ1n) is 10.4. The zero-order valence-corrected chi connectivity index (χ0v) is 19.4. The monoisotopic (exact) mass is 468 g/mol. The summed E-state index contributed by atoms with van der Waals surface area (Å²) in [5, 5.41) is 32.0. The van der Waals surface area contributed by atoms with Crippen molar-refractivity contribution in [3.8, 4) is 11.4 Å². The highest BCUT2D eigenvalue weighted by Gasteiger charge is 2.18. The first kappa shape index (κ1) is 22.6. The van der Waals surface area contributed by atoms with Crippen LogP contribution in [0, 0.1) is 0 Å². The van der Waals surface area contributed by atoms with E-state index in [1.54, 1.807) is 17.8 Å². The number of aromatic nitrogens is 3. The summed E-state index contributed by atoms with van der Waals surface area (Å²) in [6, 6.07) is 19.3. The molecule has 0 aliphatic heterocycles. The predicted molar refractivity (Wildman–Crippen MR) is 130 cm³/mol. The van der Waals surface area contributed by atoms with Crippen molar-refractivity contribution in [2.75, 3.05) is 19.4 Å². The Kier molecular flexibility index (Phi) is 7.32. The number of aliphatic hydroxyl groups excluding tert-OH is 1. The van der Waals surface area contributed by atoms with Gasteiger partial charge >= 0.3 is 0 Å². The Morgan fingerprint density at radius 2 is 1.88 bits per heavy atom. The molecule has 0 unspecified atom stereocenters. The topological polar surface area (TPSA) is 74.4 Å². The van der Waals surface area contributed by atoms with Crippen LogP contribution in [0.2, 0.25) is 5.02 Å². The molecule has 32 heavy (non-hydrogen) atoms. The highest BCUT2D eigenvalue weighted by molar-refractivity contribution is 7.99. The molecule has 0 bridgehead atoms. The second-order valence-electron chi connectivity index (χ2n) is 7.60. The Labute approximate surface area is 196 Å². The fraction of sp³-hybridized carbons (Fsp3) is 0.250. The molecular weight excluding hydrogens is 444 g/mol. The molecule has 0 fully saturated rings. The number of nitrogens with zero attached hydrogens (tertiary/aromatic N) is 4. The summed E-state index contributed by atoms with van der Waals surface area (Å²) in [5.74, 6) is 1.81. The second-order valence-corrected chi connectivity index (χ2v) is 9.09. The SMILES string of the molecule is CN(Cc1c(O)ccc2ccccc12)Cc1nnc(SCCCO)n1-c1cccc(Cl)c1. The number of thioether (sulfide) groups is 1.